The Morgan fingerprint density at radius 2 is 1.76 bits per heavy atom. The number of amides is 1. The lowest BCUT2D eigenvalue weighted by Gasteiger charge is -2.43. The molecule has 1 amide bonds. The van der Waals surface area contributed by atoms with E-state index in [0.29, 0.717) is 19.6 Å². The Hall–Kier alpha value is -3.22. The minimum absolute atomic E-state index is 0.0303. The fourth-order valence-corrected chi connectivity index (χ4v) is 4.98. The zero-order chi connectivity index (χ0) is 23.9. The van der Waals surface area contributed by atoms with Crippen molar-refractivity contribution in [1.29, 1.82) is 0 Å². The average Bonchev–Trinajstić information content (AvgIpc) is 3.36. The maximum atomic E-state index is 12.9. The van der Waals surface area contributed by atoms with Gasteiger partial charge >= 0.3 is 5.97 Å². The molecule has 182 valence electrons. The third-order valence-electron chi connectivity index (χ3n) is 6.78. The number of anilines is 1. The molecule has 0 aromatic heterocycles. The van der Waals surface area contributed by atoms with Crippen molar-refractivity contribution >= 4 is 17.6 Å². The number of rotatable bonds is 9. The van der Waals surface area contributed by atoms with Gasteiger partial charge in [-0.05, 0) is 49.8 Å². The number of ether oxygens (including phenoxy) is 2. The van der Waals surface area contributed by atoms with Crippen molar-refractivity contribution in [3.8, 4) is 11.5 Å². The highest BCUT2D eigenvalue weighted by molar-refractivity contribution is 5.81. The van der Waals surface area contributed by atoms with Crippen LogP contribution in [-0.4, -0.2) is 60.8 Å². The Morgan fingerprint density at radius 1 is 1.00 bits per heavy atom. The topological polar surface area (TPSA) is 79.3 Å². The maximum absolute atomic E-state index is 12.9. The van der Waals surface area contributed by atoms with Crippen molar-refractivity contribution < 1.29 is 24.2 Å². The lowest BCUT2D eigenvalue weighted by Crippen LogP contribution is -2.56. The average molecular weight is 467 g/mol. The maximum Gasteiger partial charge on any atom is 0.303 e. The van der Waals surface area contributed by atoms with Crippen LogP contribution in [0.15, 0.2) is 48.5 Å². The Morgan fingerprint density at radius 3 is 2.47 bits per heavy atom. The smallest absolute Gasteiger partial charge is 0.303 e. The number of hydrogen-bond acceptors (Lipinski definition) is 5. The number of carboxylic acids is 1. The number of aliphatic carboxylic acids is 1. The van der Waals surface area contributed by atoms with Crippen molar-refractivity contribution in [3.63, 3.8) is 0 Å². The van der Waals surface area contributed by atoms with Crippen LogP contribution in [0.25, 0.3) is 0 Å². The summed E-state index contributed by atoms with van der Waals surface area (Å²) in [6, 6.07) is 16.1. The molecule has 1 saturated heterocycles. The van der Waals surface area contributed by atoms with Gasteiger partial charge in [0.2, 0.25) is 5.91 Å². The van der Waals surface area contributed by atoms with Gasteiger partial charge in [0.25, 0.3) is 0 Å². The van der Waals surface area contributed by atoms with E-state index in [4.69, 9.17) is 14.6 Å². The summed E-state index contributed by atoms with van der Waals surface area (Å²) in [6.07, 6.45) is 5.39. The summed E-state index contributed by atoms with van der Waals surface area (Å²) in [7, 11) is 1.66. The van der Waals surface area contributed by atoms with Gasteiger partial charge < -0.3 is 24.4 Å². The molecule has 2 aromatic rings. The molecule has 2 aromatic carbocycles. The number of piperazine rings is 1. The molecule has 1 atom stereocenters. The van der Waals surface area contributed by atoms with E-state index in [2.05, 4.69) is 23.1 Å². The van der Waals surface area contributed by atoms with Crippen molar-refractivity contribution in [2.45, 2.75) is 57.1 Å². The second-order valence-electron chi connectivity index (χ2n) is 9.13. The molecule has 7 nitrogen and oxygen atoms in total. The second kappa shape index (κ2) is 11.3. The molecule has 1 N–H and O–H groups in total. The van der Waals surface area contributed by atoms with E-state index in [-0.39, 0.29) is 30.9 Å². The highest BCUT2D eigenvalue weighted by Gasteiger charge is 2.31. The van der Waals surface area contributed by atoms with Crippen molar-refractivity contribution in [3.05, 3.63) is 54.1 Å². The largest absolute Gasteiger partial charge is 0.493 e. The van der Waals surface area contributed by atoms with E-state index in [1.165, 1.54) is 12.8 Å². The fraction of sp³-hybridized carbons (Fsp3) is 0.481. The van der Waals surface area contributed by atoms with E-state index >= 15 is 0 Å². The van der Waals surface area contributed by atoms with E-state index in [9.17, 15) is 9.59 Å². The van der Waals surface area contributed by atoms with Crippen LogP contribution in [0.2, 0.25) is 0 Å². The van der Waals surface area contributed by atoms with E-state index in [0.717, 1.165) is 42.0 Å². The minimum atomic E-state index is -0.945. The standard InChI is InChI=1S/C27H34N2O5/c1-33-24-12-11-21(18-25(24)34-23-9-5-6-10-23)28-15-16-29(26(30)13-14-27(31)32)22(19-28)17-20-7-3-2-4-8-20/h2-4,7-8,11-12,18,22-23H,5-6,9-10,13-17,19H2,1H3,(H,31,32). The van der Waals surface area contributed by atoms with Gasteiger partial charge in [-0.25, -0.2) is 0 Å². The van der Waals surface area contributed by atoms with Crippen LogP contribution < -0.4 is 14.4 Å². The van der Waals surface area contributed by atoms with Gasteiger partial charge in [-0.1, -0.05) is 30.3 Å². The summed E-state index contributed by atoms with van der Waals surface area (Å²) in [6.45, 7) is 1.91. The van der Waals surface area contributed by atoms with Crippen LogP contribution >= 0.6 is 0 Å². The SMILES string of the molecule is COc1ccc(N2CCN(C(=O)CCC(=O)O)C(Cc3ccccc3)C2)cc1OC1CCCC1. The molecular weight excluding hydrogens is 432 g/mol. The van der Waals surface area contributed by atoms with Gasteiger partial charge in [0.05, 0.1) is 25.7 Å². The molecule has 0 bridgehead atoms. The quantitative estimate of drug-likeness (QED) is 0.598. The Kier molecular flexibility index (Phi) is 7.93. The molecule has 0 radical (unpaired) electrons. The molecule has 34 heavy (non-hydrogen) atoms. The van der Waals surface area contributed by atoms with Gasteiger partial charge in [-0.15, -0.1) is 0 Å². The second-order valence-corrected chi connectivity index (χ2v) is 9.13. The normalized spacial score (nSPS) is 18.7. The van der Waals surface area contributed by atoms with Gasteiger partial charge in [0.1, 0.15) is 0 Å². The highest BCUT2D eigenvalue weighted by atomic mass is 16.5. The van der Waals surface area contributed by atoms with Crippen LogP contribution in [0.1, 0.15) is 44.1 Å². The van der Waals surface area contributed by atoms with Crippen LogP contribution in [-0.2, 0) is 16.0 Å². The molecule has 1 aliphatic heterocycles. The summed E-state index contributed by atoms with van der Waals surface area (Å²) < 4.78 is 11.8. The number of hydrogen-bond donors (Lipinski definition) is 1. The van der Waals surface area contributed by atoms with E-state index in [1.54, 1.807) is 7.11 Å². The summed E-state index contributed by atoms with van der Waals surface area (Å²) in [4.78, 5) is 28.0. The first-order valence-corrected chi connectivity index (χ1v) is 12.2. The highest BCUT2D eigenvalue weighted by Crippen LogP contribution is 2.36. The molecule has 7 heteroatoms. The number of carbonyl (C=O) groups is 2. The van der Waals surface area contributed by atoms with E-state index in [1.807, 2.05) is 35.2 Å². The van der Waals surface area contributed by atoms with Gasteiger partial charge in [-0.3, -0.25) is 9.59 Å². The van der Waals surface area contributed by atoms with Crippen LogP contribution in [0.3, 0.4) is 0 Å². The Balaban J connectivity index is 1.52. The Labute approximate surface area is 201 Å². The first-order chi connectivity index (χ1) is 16.5. The molecule has 2 fully saturated rings. The van der Waals surface area contributed by atoms with Crippen molar-refractivity contribution in [2.75, 3.05) is 31.6 Å². The predicted molar refractivity (Wildman–Crippen MR) is 131 cm³/mol. The van der Waals surface area contributed by atoms with Crippen molar-refractivity contribution in [2.24, 2.45) is 0 Å². The zero-order valence-electron chi connectivity index (χ0n) is 19.8. The van der Waals surface area contributed by atoms with Crippen LogP contribution in [0.5, 0.6) is 11.5 Å². The predicted octanol–water partition coefficient (Wildman–Crippen LogP) is 4.14. The molecule has 4 rings (SSSR count). The summed E-state index contributed by atoms with van der Waals surface area (Å²) >= 11 is 0. The Bertz CT molecular complexity index is 974. The monoisotopic (exact) mass is 466 g/mol. The third-order valence-corrected chi connectivity index (χ3v) is 6.78. The molecule has 0 spiro atoms. The zero-order valence-corrected chi connectivity index (χ0v) is 19.8. The molecule has 2 aliphatic rings. The number of carboxylic acid groups (broad SMARTS) is 1. The number of nitrogens with zero attached hydrogens (tertiary/aromatic N) is 2. The number of carbonyl (C=O) groups excluding carboxylic acids is 1. The molecule has 1 aliphatic carbocycles. The lowest BCUT2D eigenvalue weighted by molar-refractivity contribution is -0.141. The van der Waals surface area contributed by atoms with Crippen LogP contribution in [0, 0.1) is 0 Å². The molecular formula is C27H34N2O5. The minimum Gasteiger partial charge on any atom is -0.493 e. The van der Waals surface area contributed by atoms with Gasteiger partial charge in [-0.2, -0.15) is 0 Å². The summed E-state index contributed by atoms with van der Waals surface area (Å²) in [5.74, 6) is 0.466. The van der Waals surface area contributed by atoms with Gasteiger partial charge in [0.15, 0.2) is 11.5 Å². The molecule has 1 heterocycles. The number of methoxy groups -OCH3 is 1. The van der Waals surface area contributed by atoms with Gasteiger partial charge in [0, 0.05) is 37.8 Å². The lowest BCUT2D eigenvalue weighted by atomic mass is 10.0. The molecule has 1 unspecified atom stereocenters. The first kappa shape index (κ1) is 23.9. The van der Waals surface area contributed by atoms with Crippen LogP contribution in [0.4, 0.5) is 5.69 Å². The van der Waals surface area contributed by atoms with Crippen molar-refractivity contribution in [1.82, 2.24) is 4.90 Å². The van der Waals surface area contributed by atoms with E-state index < -0.39 is 5.97 Å². The fourth-order valence-electron chi connectivity index (χ4n) is 4.98. The third kappa shape index (κ3) is 6.01. The number of benzene rings is 2. The molecule has 1 saturated carbocycles. The first-order valence-electron chi connectivity index (χ1n) is 12.2. The summed E-state index contributed by atoms with van der Waals surface area (Å²) in [5.41, 5.74) is 2.20. The summed E-state index contributed by atoms with van der Waals surface area (Å²) in [5, 5.41) is 9.02.